The number of rotatable bonds is 5. The zero-order valence-electron chi connectivity index (χ0n) is 11.5. The Hall–Kier alpha value is -2.82. The Morgan fingerprint density at radius 2 is 1.95 bits per heavy atom. The van der Waals surface area contributed by atoms with E-state index in [0.717, 1.165) is 0 Å². The van der Waals surface area contributed by atoms with Gasteiger partial charge in [-0.15, -0.1) is 0 Å². The molecule has 0 unspecified atom stereocenters. The number of aromatic carboxylic acids is 1. The molecule has 0 aromatic heterocycles. The molecule has 2 rings (SSSR count). The molecular formula is C16H15NO4. The minimum Gasteiger partial charge on any atom is -0.507 e. The molecule has 5 heteroatoms. The van der Waals surface area contributed by atoms with Crippen LogP contribution in [0.1, 0.15) is 22.8 Å². The number of benzene rings is 2. The van der Waals surface area contributed by atoms with Gasteiger partial charge < -0.3 is 14.9 Å². The van der Waals surface area contributed by atoms with Gasteiger partial charge in [-0.3, -0.25) is 4.99 Å². The summed E-state index contributed by atoms with van der Waals surface area (Å²) < 4.78 is 5.28. The number of aliphatic imine (C=N–C) groups is 1. The van der Waals surface area contributed by atoms with Crippen LogP contribution in [-0.4, -0.2) is 29.0 Å². The smallest absolute Gasteiger partial charge is 0.335 e. The molecule has 0 bridgehead atoms. The summed E-state index contributed by atoms with van der Waals surface area (Å²) in [6.45, 7) is 2.40. The fourth-order valence-corrected chi connectivity index (χ4v) is 1.72. The van der Waals surface area contributed by atoms with Crippen LogP contribution < -0.4 is 4.74 Å². The second-order valence-corrected chi connectivity index (χ2v) is 4.26. The fraction of sp³-hybridized carbons (Fsp3) is 0.125. The molecule has 0 atom stereocenters. The van der Waals surface area contributed by atoms with Crippen molar-refractivity contribution in [1.82, 2.24) is 0 Å². The summed E-state index contributed by atoms with van der Waals surface area (Å²) in [6, 6.07) is 11.1. The molecule has 0 aliphatic rings. The standard InChI is InChI=1S/C16H15NO4/c1-2-21-14-8-5-12(15(18)9-14)10-17-13-6-3-11(4-7-13)16(19)20/h3-10,18H,2H2,1H3,(H,19,20). The third-order valence-electron chi connectivity index (χ3n) is 2.78. The number of ether oxygens (including phenoxy) is 1. The van der Waals surface area contributed by atoms with E-state index in [1.165, 1.54) is 24.4 Å². The van der Waals surface area contributed by atoms with Gasteiger partial charge in [0.25, 0.3) is 0 Å². The second kappa shape index (κ2) is 6.56. The van der Waals surface area contributed by atoms with Gasteiger partial charge in [-0.1, -0.05) is 0 Å². The van der Waals surface area contributed by atoms with Crippen LogP contribution in [0.3, 0.4) is 0 Å². The van der Waals surface area contributed by atoms with Crippen LogP contribution in [0, 0.1) is 0 Å². The highest BCUT2D eigenvalue weighted by molar-refractivity contribution is 5.88. The molecule has 0 saturated heterocycles. The molecule has 2 N–H and O–H groups in total. The van der Waals surface area contributed by atoms with Gasteiger partial charge in [-0.25, -0.2) is 4.79 Å². The lowest BCUT2D eigenvalue weighted by Crippen LogP contribution is -1.94. The molecule has 0 aliphatic carbocycles. The van der Waals surface area contributed by atoms with Gasteiger partial charge in [-0.05, 0) is 43.3 Å². The zero-order valence-corrected chi connectivity index (χ0v) is 11.5. The summed E-state index contributed by atoms with van der Waals surface area (Å²) in [5.41, 5.74) is 1.37. The Kier molecular flexibility index (Phi) is 4.56. The molecule has 0 saturated carbocycles. The summed E-state index contributed by atoms with van der Waals surface area (Å²) >= 11 is 0. The minimum absolute atomic E-state index is 0.0758. The van der Waals surface area contributed by atoms with Crippen molar-refractivity contribution in [3.05, 3.63) is 53.6 Å². The van der Waals surface area contributed by atoms with Gasteiger partial charge in [0.2, 0.25) is 0 Å². The lowest BCUT2D eigenvalue weighted by molar-refractivity contribution is 0.0697. The number of carboxylic acids is 1. The Bertz CT molecular complexity index is 662. The van der Waals surface area contributed by atoms with Crippen molar-refractivity contribution in [2.75, 3.05) is 6.61 Å². The van der Waals surface area contributed by atoms with Crippen LogP contribution in [0.5, 0.6) is 11.5 Å². The molecule has 0 spiro atoms. The van der Waals surface area contributed by atoms with Crippen molar-refractivity contribution < 1.29 is 19.7 Å². The van der Waals surface area contributed by atoms with E-state index in [9.17, 15) is 9.90 Å². The maximum Gasteiger partial charge on any atom is 0.335 e. The van der Waals surface area contributed by atoms with E-state index in [-0.39, 0.29) is 11.3 Å². The number of carboxylic acid groups (broad SMARTS) is 1. The number of carbonyl (C=O) groups is 1. The first-order chi connectivity index (χ1) is 10.1. The van der Waals surface area contributed by atoms with Crippen molar-refractivity contribution in [2.24, 2.45) is 4.99 Å². The lowest BCUT2D eigenvalue weighted by Gasteiger charge is -2.04. The van der Waals surface area contributed by atoms with Gasteiger partial charge in [-0.2, -0.15) is 0 Å². The van der Waals surface area contributed by atoms with Crippen molar-refractivity contribution in [3.8, 4) is 11.5 Å². The summed E-state index contributed by atoms with van der Waals surface area (Å²) in [6.07, 6.45) is 1.51. The molecule has 108 valence electrons. The number of aromatic hydroxyl groups is 1. The third-order valence-corrected chi connectivity index (χ3v) is 2.78. The van der Waals surface area contributed by atoms with Crippen molar-refractivity contribution >= 4 is 17.9 Å². The Morgan fingerprint density at radius 3 is 2.52 bits per heavy atom. The predicted molar refractivity (Wildman–Crippen MR) is 79.9 cm³/mol. The SMILES string of the molecule is CCOc1ccc(C=Nc2ccc(C(=O)O)cc2)c(O)c1. The molecule has 2 aromatic carbocycles. The van der Waals surface area contributed by atoms with Crippen molar-refractivity contribution in [2.45, 2.75) is 6.92 Å². The van der Waals surface area contributed by atoms with Crippen LogP contribution in [0.25, 0.3) is 0 Å². The van der Waals surface area contributed by atoms with Gasteiger partial charge in [0.05, 0.1) is 17.9 Å². The van der Waals surface area contributed by atoms with E-state index in [4.69, 9.17) is 9.84 Å². The number of hydrogen-bond donors (Lipinski definition) is 2. The second-order valence-electron chi connectivity index (χ2n) is 4.26. The van der Waals surface area contributed by atoms with Crippen LogP contribution in [-0.2, 0) is 0 Å². The highest BCUT2D eigenvalue weighted by atomic mass is 16.5. The molecule has 0 aliphatic heterocycles. The van der Waals surface area contributed by atoms with E-state index in [2.05, 4.69) is 4.99 Å². The van der Waals surface area contributed by atoms with Crippen molar-refractivity contribution in [3.63, 3.8) is 0 Å². The molecule has 0 heterocycles. The number of hydrogen-bond acceptors (Lipinski definition) is 4. The third kappa shape index (κ3) is 3.82. The Morgan fingerprint density at radius 1 is 1.24 bits per heavy atom. The van der Waals surface area contributed by atoms with Gasteiger partial charge in [0.15, 0.2) is 0 Å². The molecule has 2 aromatic rings. The van der Waals surface area contributed by atoms with Gasteiger partial charge in [0.1, 0.15) is 11.5 Å². The van der Waals surface area contributed by atoms with Crippen LogP contribution in [0.15, 0.2) is 47.5 Å². The van der Waals surface area contributed by atoms with Crippen molar-refractivity contribution in [1.29, 1.82) is 0 Å². The average molecular weight is 285 g/mol. The lowest BCUT2D eigenvalue weighted by atomic mass is 10.2. The molecule has 5 nitrogen and oxygen atoms in total. The van der Waals surface area contributed by atoms with E-state index < -0.39 is 5.97 Å². The van der Waals surface area contributed by atoms with E-state index in [0.29, 0.717) is 23.6 Å². The number of phenolic OH excluding ortho intramolecular Hbond substituents is 1. The van der Waals surface area contributed by atoms with Crippen LogP contribution >= 0.6 is 0 Å². The molecular weight excluding hydrogens is 270 g/mol. The summed E-state index contributed by atoms with van der Waals surface area (Å²) in [5.74, 6) is -0.306. The summed E-state index contributed by atoms with van der Waals surface area (Å²) in [5, 5.41) is 18.7. The van der Waals surface area contributed by atoms with Gasteiger partial charge >= 0.3 is 5.97 Å². The predicted octanol–water partition coefficient (Wildman–Crippen LogP) is 3.24. The molecule has 21 heavy (non-hydrogen) atoms. The van der Waals surface area contributed by atoms with E-state index in [1.54, 1.807) is 24.3 Å². The first-order valence-electron chi connectivity index (χ1n) is 6.43. The highest BCUT2D eigenvalue weighted by Gasteiger charge is 2.02. The average Bonchev–Trinajstić information content (AvgIpc) is 2.47. The highest BCUT2D eigenvalue weighted by Crippen LogP contribution is 2.23. The molecule has 0 amide bonds. The minimum atomic E-state index is -0.977. The Labute approximate surface area is 122 Å². The Balaban J connectivity index is 2.15. The quantitative estimate of drug-likeness (QED) is 0.826. The maximum absolute atomic E-state index is 10.7. The number of nitrogens with zero attached hydrogens (tertiary/aromatic N) is 1. The molecule has 0 radical (unpaired) electrons. The van der Waals surface area contributed by atoms with E-state index in [1.807, 2.05) is 6.92 Å². The van der Waals surface area contributed by atoms with Crippen LogP contribution in [0.2, 0.25) is 0 Å². The van der Waals surface area contributed by atoms with Crippen LogP contribution in [0.4, 0.5) is 5.69 Å². The first-order valence-corrected chi connectivity index (χ1v) is 6.43. The number of phenols is 1. The molecule has 0 fully saturated rings. The monoisotopic (exact) mass is 285 g/mol. The van der Waals surface area contributed by atoms with E-state index >= 15 is 0 Å². The maximum atomic E-state index is 10.7. The fourth-order valence-electron chi connectivity index (χ4n) is 1.72. The summed E-state index contributed by atoms with van der Waals surface area (Å²) in [4.78, 5) is 14.9. The largest absolute Gasteiger partial charge is 0.507 e. The zero-order chi connectivity index (χ0) is 15.2. The first kappa shape index (κ1) is 14.6. The van der Waals surface area contributed by atoms with Gasteiger partial charge in [0, 0.05) is 17.8 Å². The normalized spacial score (nSPS) is 10.7. The summed E-state index contributed by atoms with van der Waals surface area (Å²) in [7, 11) is 0. The topological polar surface area (TPSA) is 79.1 Å².